The summed E-state index contributed by atoms with van der Waals surface area (Å²) in [5.74, 6) is 0. The van der Waals surface area contributed by atoms with Gasteiger partial charge in [-0.25, -0.2) is 0 Å². The van der Waals surface area contributed by atoms with Crippen LogP contribution in [0.4, 0.5) is 39.8 Å². The zero-order valence-electron chi connectivity index (χ0n) is 57.5. The van der Waals surface area contributed by atoms with E-state index in [9.17, 15) is 0 Å². The first-order valence-corrected chi connectivity index (χ1v) is 34.5. The Balaban J connectivity index is 1.07. The molecule has 0 bridgehead atoms. The Morgan fingerprint density at radius 2 is 0.900 bits per heavy atom. The van der Waals surface area contributed by atoms with E-state index in [1.54, 1.807) is 0 Å². The molecule has 458 valence electrons. The number of hydrogen-bond donors (Lipinski definition) is 0. The molecule has 90 heavy (non-hydrogen) atoms. The van der Waals surface area contributed by atoms with E-state index in [1.807, 2.05) is 0 Å². The molecular formula is C85H95BN4. The number of anilines is 7. The second-order valence-electron chi connectivity index (χ2n) is 34.5. The lowest BCUT2D eigenvalue weighted by Crippen LogP contribution is -2.61. The molecule has 7 aliphatic rings. The highest BCUT2D eigenvalue weighted by Gasteiger charge is 2.60. The number of hydrogen-bond acceptors (Lipinski definition) is 3. The van der Waals surface area contributed by atoms with Gasteiger partial charge in [-0.1, -0.05) is 234 Å². The zero-order chi connectivity index (χ0) is 63.2. The van der Waals surface area contributed by atoms with Crippen molar-refractivity contribution in [1.82, 2.24) is 4.57 Å². The molecule has 9 aromatic rings. The lowest BCUT2D eigenvalue weighted by Gasteiger charge is -2.51. The van der Waals surface area contributed by atoms with Crippen LogP contribution in [0.3, 0.4) is 0 Å². The molecular weight excluding hydrogens is 1090 g/mol. The highest BCUT2D eigenvalue weighted by atomic mass is 15.3. The van der Waals surface area contributed by atoms with Crippen molar-refractivity contribution >= 4 is 73.8 Å². The van der Waals surface area contributed by atoms with Crippen molar-refractivity contribution < 1.29 is 0 Å². The van der Waals surface area contributed by atoms with Crippen molar-refractivity contribution in [2.24, 2.45) is 0 Å². The highest BCUT2D eigenvalue weighted by Crippen LogP contribution is 2.65. The molecule has 2 saturated carbocycles. The Bertz CT molecular complexity index is 4550. The maximum absolute atomic E-state index is 2.89. The first kappa shape index (κ1) is 57.9. The Hall–Kier alpha value is -7.24. The number of nitrogens with zero attached hydrogens (tertiary/aromatic N) is 4. The number of aromatic nitrogens is 1. The second-order valence-corrected chi connectivity index (χ2v) is 34.5. The largest absolute Gasteiger partial charge is 0.334 e. The fraction of sp³-hybridized carbons (Fsp3) is 0.412. The molecule has 8 aromatic carbocycles. The lowest BCUT2D eigenvalue weighted by molar-refractivity contribution is 0.195. The van der Waals surface area contributed by atoms with Gasteiger partial charge in [0.2, 0.25) is 0 Å². The average Bonchev–Trinajstić information content (AvgIpc) is 1.43. The molecule has 0 saturated heterocycles. The van der Waals surface area contributed by atoms with Crippen LogP contribution in [0.25, 0.3) is 38.8 Å². The number of rotatable bonds is 4. The van der Waals surface area contributed by atoms with Gasteiger partial charge in [-0.3, -0.25) is 0 Å². The number of benzene rings is 8. The van der Waals surface area contributed by atoms with Gasteiger partial charge in [0.1, 0.15) is 0 Å². The van der Waals surface area contributed by atoms with E-state index in [2.05, 4.69) is 296 Å². The fourth-order valence-electron chi connectivity index (χ4n) is 19.2. The summed E-state index contributed by atoms with van der Waals surface area (Å²) in [6, 6.07) is 62.0. The third kappa shape index (κ3) is 7.62. The van der Waals surface area contributed by atoms with E-state index in [0.29, 0.717) is 0 Å². The van der Waals surface area contributed by atoms with Gasteiger partial charge in [-0.05, 0) is 182 Å². The Morgan fingerprint density at radius 3 is 1.49 bits per heavy atom. The summed E-state index contributed by atoms with van der Waals surface area (Å²) in [5, 5.41) is 1.38. The smallest absolute Gasteiger partial charge is 0.252 e. The van der Waals surface area contributed by atoms with E-state index < -0.39 is 0 Å². The third-order valence-corrected chi connectivity index (χ3v) is 24.8. The molecule has 16 rings (SSSR count). The normalized spacial score (nSPS) is 23.5. The quantitative estimate of drug-likeness (QED) is 0.163. The molecule has 4 nitrogen and oxygen atoms in total. The molecule has 0 radical (unpaired) electrons. The minimum Gasteiger partial charge on any atom is -0.334 e. The van der Waals surface area contributed by atoms with Gasteiger partial charge in [0, 0.05) is 83.8 Å². The van der Waals surface area contributed by atoms with Gasteiger partial charge in [-0.15, -0.1) is 0 Å². The summed E-state index contributed by atoms with van der Waals surface area (Å²) < 4.78 is 2.84. The molecule has 0 spiro atoms. The Labute approximate surface area is 539 Å². The monoisotopic (exact) mass is 1180 g/mol. The number of fused-ring (bicyclic) bond motifs is 15. The fourth-order valence-corrected chi connectivity index (χ4v) is 19.2. The van der Waals surface area contributed by atoms with Gasteiger partial charge in [-0.2, -0.15) is 0 Å². The summed E-state index contributed by atoms with van der Waals surface area (Å²) in [7, 11) is 0. The molecule has 2 fully saturated rings. The van der Waals surface area contributed by atoms with E-state index in [4.69, 9.17) is 0 Å². The van der Waals surface area contributed by atoms with Crippen molar-refractivity contribution in [2.75, 3.05) is 14.7 Å². The van der Waals surface area contributed by atoms with Crippen molar-refractivity contribution in [1.29, 1.82) is 0 Å². The van der Waals surface area contributed by atoms with Crippen molar-refractivity contribution in [3.8, 4) is 27.9 Å². The predicted octanol–water partition coefficient (Wildman–Crippen LogP) is 20.9. The molecule has 4 atom stereocenters. The maximum atomic E-state index is 2.89. The van der Waals surface area contributed by atoms with Gasteiger partial charge >= 0.3 is 0 Å². The van der Waals surface area contributed by atoms with Crippen LogP contribution in [0.15, 0.2) is 152 Å². The van der Waals surface area contributed by atoms with Crippen molar-refractivity contribution in [3.05, 3.63) is 196 Å². The third-order valence-electron chi connectivity index (χ3n) is 24.8. The standard InChI is InChI=1S/C85H95BN4/c1-77(2,3)53-32-37-67(60(44-53)52-28-20-19-21-29-52)87-70-49-57(89-68-38-33-54(78(4,5)6)46-63(68)82(15)40-24-26-42-84(82,89)17)35-36-65(70)86-66-48-56(80(10,11)12)45-61-73-59-30-22-23-31-62(59)81(13,14)76(73)88(75(61)66)72-51-58(50-71(87)74(72)86)90-69-39-34-55(79(7,8)9)47-64(69)83(16)41-25-27-43-85(83,90)18/h19-23,28-39,44-51H,24-27,40-43H2,1-18H3. The van der Waals surface area contributed by atoms with Crippen LogP contribution in [-0.2, 0) is 37.9 Å². The minimum absolute atomic E-state index is 0.0188. The summed E-state index contributed by atoms with van der Waals surface area (Å²) in [4.78, 5) is 8.54. The summed E-state index contributed by atoms with van der Waals surface area (Å²) in [6.07, 6.45) is 9.53. The zero-order valence-corrected chi connectivity index (χ0v) is 57.5. The van der Waals surface area contributed by atoms with Gasteiger partial charge < -0.3 is 19.3 Å². The second kappa shape index (κ2) is 18.5. The van der Waals surface area contributed by atoms with E-state index in [1.165, 1.54) is 178 Å². The van der Waals surface area contributed by atoms with E-state index in [-0.39, 0.29) is 55.7 Å². The van der Waals surface area contributed by atoms with Crippen LogP contribution in [0.1, 0.15) is 221 Å². The van der Waals surface area contributed by atoms with Crippen LogP contribution in [0.5, 0.6) is 0 Å². The van der Waals surface area contributed by atoms with Gasteiger partial charge in [0.15, 0.2) is 0 Å². The van der Waals surface area contributed by atoms with Crippen LogP contribution in [0.2, 0.25) is 0 Å². The Morgan fingerprint density at radius 1 is 0.389 bits per heavy atom. The van der Waals surface area contributed by atoms with Crippen LogP contribution < -0.4 is 31.1 Å². The first-order chi connectivity index (χ1) is 42.4. The molecule has 4 unspecified atom stereocenters. The van der Waals surface area contributed by atoms with Crippen LogP contribution in [-0.4, -0.2) is 22.4 Å². The summed E-state index contributed by atoms with van der Waals surface area (Å²) in [5.41, 5.74) is 31.8. The van der Waals surface area contributed by atoms with Crippen LogP contribution >= 0.6 is 0 Å². The SMILES string of the molecule is CC(C)(C)c1ccc(N2c3cc(N4c5ccc(C(C)(C)C)cc5C5(C)CCCCC45C)ccc3B3c4c2cc(N2c5ccc(C(C)(C)C)cc5C5(C)CCCCC25C)cc4-n2c4c(c5cc(C(C)(C)C)cc3c52)-c2ccccc2C4(C)C)c(-c2ccccc2)c1. The first-order valence-electron chi connectivity index (χ1n) is 34.5. The summed E-state index contributed by atoms with van der Waals surface area (Å²) >= 11 is 0. The predicted molar refractivity (Wildman–Crippen MR) is 386 cm³/mol. The van der Waals surface area contributed by atoms with Crippen molar-refractivity contribution in [3.63, 3.8) is 0 Å². The van der Waals surface area contributed by atoms with E-state index in [0.717, 1.165) is 12.8 Å². The van der Waals surface area contributed by atoms with Crippen molar-refractivity contribution in [2.45, 2.75) is 225 Å². The lowest BCUT2D eigenvalue weighted by atomic mass is 9.33. The molecule has 5 heteroatoms. The van der Waals surface area contributed by atoms with Crippen LogP contribution in [0, 0.1) is 0 Å². The molecule has 0 amide bonds. The molecule has 3 aliphatic carbocycles. The average molecular weight is 1180 g/mol. The Kier molecular flexibility index (Phi) is 11.9. The molecule has 0 N–H and O–H groups in total. The van der Waals surface area contributed by atoms with E-state index >= 15 is 0 Å². The van der Waals surface area contributed by atoms with Gasteiger partial charge in [0.25, 0.3) is 6.71 Å². The molecule has 5 heterocycles. The highest BCUT2D eigenvalue weighted by molar-refractivity contribution is 7.00. The van der Waals surface area contributed by atoms with Gasteiger partial charge in [0.05, 0.1) is 16.8 Å². The summed E-state index contributed by atoms with van der Waals surface area (Å²) in [6.45, 7) is 44.2. The molecule has 1 aromatic heterocycles. The maximum Gasteiger partial charge on any atom is 0.252 e. The minimum atomic E-state index is -0.287. The topological polar surface area (TPSA) is 14.7 Å². The molecule has 4 aliphatic heterocycles.